The Bertz CT molecular complexity index is 840. The van der Waals surface area contributed by atoms with Crippen LogP contribution in [-0.2, 0) is 6.54 Å². The molecule has 2 aromatic heterocycles. The number of halogens is 2. The highest BCUT2D eigenvalue weighted by atomic mass is 19.2. The van der Waals surface area contributed by atoms with Crippen molar-refractivity contribution in [3.05, 3.63) is 71.8 Å². The second-order valence-corrected chi connectivity index (χ2v) is 5.11. The predicted octanol–water partition coefficient (Wildman–Crippen LogP) is 3.81. The molecular weight excluding hydrogens is 312 g/mol. The summed E-state index contributed by atoms with van der Waals surface area (Å²) in [7, 11) is 0. The van der Waals surface area contributed by atoms with Crippen LogP contribution in [-0.4, -0.2) is 15.0 Å². The van der Waals surface area contributed by atoms with Crippen LogP contribution in [0.3, 0.4) is 0 Å². The number of rotatable bonds is 5. The van der Waals surface area contributed by atoms with Crippen LogP contribution in [0.1, 0.15) is 11.5 Å². The van der Waals surface area contributed by atoms with Gasteiger partial charge in [0, 0.05) is 24.0 Å². The van der Waals surface area contributed by atoms with E-state index in [2.05, 4.69) is 25.6 Å². The van der Waals surface area contributed by atoms with Crippen LogP contribution in [0.25, 0.3) is 0 Å². The summed E-state index contributed by atoms with van der Waals surface area (Å²) in [6.07, 6.45) is 1.72. The molecule has 7 heteroatoms. The number of hydrogen-bond acceptors (Lipinski definition) is 5. The van der Waals surface area contributed by atoms with Gasteiger partial charge in [-0.25, -0.2) is 18.7 Å². The van der Waals surface area contributed by atoms with Crippen LogP contribution >= 0.6 is 0 Å². The first kappa shape index (κ1) is 15.8. The quantitative estimate of drug-likeness (QED) is 0.746. The molecule has 0 fully saturated rings. The zero-order chi connectivity index (χ0) is 16.9. The van der Waals surface area contributed by atoms with Crippen molar-refractivity contribution >= 4 is 17.3 Å². The molecule has 0 radical (unpaired) electrons. The van der Waals surface area contributed by atoms with Crippen LogP contribution < -0.4 is 10.6 Å². The Kier molecular flexibility index (Phi) is 4.60. The molecule has 0 aliphatic carbocycles. The Morgan fingerprint density at radius 1 is 0.958 bits per heavy atom. The molecule has 0 aliphatic heterocycles. The van der Waals surface area contributed by atoms with E-state index >= 15 is 0 Å². The monoisotopic (exact) mass is 327 g/mol. The molecule has 0 saturated carbocycles. The molecule has 0 atom stereocenters. The largest absolute Gasteiger partial charge is 0.364 e. The van der Waals surface area contributed by atoms with E-state index in [1.165, 1.54) is 6.07 Å². The van der Waals surface area contributed by atoms with Crippen molar-refractivity contribution in [2.75, 3.05) is 10.6 Å². The Morgan fingerprint density at radius 3 is 2.54 bits per heavy atom. The van der Waals surface area contributed by atoms with Crippen molar-refractivity contribution in [2.24, 2.45) is 0 Å². The van der Waals surface area contributed by atoms with Crippen molar-refractivity contribution in [1.82, 2.24) is 15.0 Å². The van der Waals surface area contributed by atoms with Gasteiger partial charge in [0.2, 0.25) is 0 Å². The van der Waals surface area contributed by atoms with Crippen molar-refractivity contribution in [1.29, 1.82) is 0 Å². The maximum atomic E-state index is 13.3. The minimum Gasteiger partial charge on any atom is -0.364 e. The van der Waals surface area contributed by atoms with E-state index in [4.69, 9.17) is 0 Å². The van der Waals surface area contributed by atoms with E-state index in [-0.39, 0.29) is 0 Å². The molecule has 2 heterocycles. The molecule has 3 aromatic rings. The normalized spacial score (nSPS) is 10.5. The molecule has 5 nitrogen and oxygen atoms in total. The lowest BCUT2D eigenvalue weighted by molar-refractivity contribution is 0.509. The second-order valence-electron chi connectivity index (χ2n) is 5.11. The van der Waals surface area contributed by atoms with Crippen LogP contribution in [0.5, 0.6) is 0 Å². The lowest BCUT2D eigenvalue weighted by Crippen LogP contribution is -2.06. The summed E-state index contributed by atoms with van der Waals surface area (Å²) in [5, 5.41) is 6.10. The van der Waals surface area contributed by atoms with Gasteiger partial charge in [0.25, 0.3) is 0 Å². The lowest BCUT2D eigenvalue weighted by atomic mass is 10.3. The smallest absolute Gasteiger partial charge is 0.160 e. The summed E-state index contributed by atoms with van der Waals surface area (Å²) in [6.45, 7) is 2.27. The van der Waals surface area contributed by atoms with E-state index in [1.807, 2.05) is 18.2 Å². The zero-order valence-corrected chi connectivity index (χ0v) is 12.9. The molecule has 2 N–H and O–H groups in total. The van der Waals surface area contributed by atoms with E-state index in [0.717, 1.165) is 17.8 Å². The third-order valence-electron chi connectivity index (χ3n) is 3.21. The van der Waals surface area contributed by atoms with Gasteiger partial charge in [0.1, 0.15) is 17.5 Å². The molecule has 122 valence electrons. The van der Waals surface area contributed by atoms with Gasteiger partial charge in [-0.2, -0.15) is 0 Å². The highest BCUT2D eigenvalue weighted by Gasteiger charge is 2.06. The summed E-state index contributed by atoms with van der Waals surface area (Å²) in [4.78, 5) is 12.8. The number of aromatic nitrogens is 3. The summed E-state index contributed by atoms with van der Waals surface area (Å²) >= 11 is 0. The van der Waals surface area contributed by atoms with Gasteiger partial charge >= 0.3 is 0 Å². The SMILES string of the molecule is Cc1nc(NCc2ccccn2)cc(Nc2ccc(F)c(F)c2)n1. The first-order valence-electron chi connectivity index (χ1n) is 7.32. The van der Waals surface area contributed by atoms with E-state index in [1.54, 1.807) is 19.2 Å². The molecule has 1 aromatic carbocycles. The Morgan fingerprint density at radius 2 is 1.79 bits per heavy atom. The summed E-state index contributed by atoms with van der Waals surface area (Å²) in [5.74, 6) is -0.169. The Hall–Kier alpha value is -3.09. The van der Waals surface area contributed by atoms with E-state index in [0.29, 0.717) is 29.7 Å². The van der Waals surface area contributed by atoms with Gasteiger partial charge in [-0.3, -0.25) is 4.98 Å². The topological polar surface area (TPSA) is 62.7 Å². The minimum absolute atomic E-state index is 0.405. The number of anilines is 3. The van der Waals surface area contributed by atoms with Gasteiger partial charge in [0.15, 0.2) is 11.6 Å². The summed E-state index contributed by atoms with van der Waals surface area (Å²) < 4.78 is 26.3. The number of pyridine rings is 1. The van der Waals surface area contributed by atoms with Gasteiger partial charge in [0.05, 0.1) is 12.2 Å². The van der Waals surface area contributed by atoms with Crippen LogP contribution in [0, 0.1) is 18.6 Å². The van der Waals surface area contributed by atoms with Crippen LogP contribution in [0.4, 0.5) is 26.1 Å². The number of nitrogens with zero attached hydrogens (tertiary/aromatic N) is 3. The molecule has 24 heavy (non-hydrogen) atoms. The Labute approximate surface area is 137 Å². The number of benzene rings is 1. The average Bonchev–Trinajstić information content (AvgIpc) is 2.57. The lowest BCUT2D eigenvalue weighted by Gasteiger charge is -2.10. The minimum atomic E-state index is -0.917. The van der Waals surface area contributed by atoms with E-state index in [9.17, 15) is 8.78 Å². The van der Waals surface area contributed by atoms with Gasteiger partial charge < -0.3 is 10.6 Å². The first-order valence-corrected chi connectivity index (χ1v) is 7.32. The Balaban J connectivity index is 1.74. The number of aryl methyl sites for hydroxylation is 1. The maximum Gasteiger partial charge on any atom is 0.160 e. The maximum absolute atomic E-state index is 13.3. The van der Waals surface area contributed by atoms with Crippen LogP contribution in [0.15, 0.2) is 48.7 Å². The van der Waals surface area contributed by atoms with E-state index < -0.39 is 11.6 Å². The fourth-order valence-electron chi connectivity index (χ4n) is 2.13. The molecule has 0 bridgehead atoms. The zero-order valence-electron chi connectivity index (χ0n) is 12.9. The summed E-state index contributed by atoms with van der Waals surface area (Å²) in [6, 6.07) is 10.9. The van der Waals surface area contributed by atoms with Gasteiger partial charge in [-0.1, -0.05) is 6.07 Å². The predicted molar refractivity (Wildman–Crippen MR) is 88.0 cm³/mol. The molecular formula is C17H15F2N5. The van der Waals surface area contributed by atoms with Crippen molar-refractivity contribution in [2.45, 2.75) is 13.5 Å². The van der Waals surface area contributed by atoms with Gasteiger partial charge in [-0.15, -0.1) is 0 Å². The number of hydrogen-bond donors (Lipinski definition) is 2. The molecule has 0 spiro atoms. The molecule has 0 aliphatic rings. The second kappa shape index (κ2) is 6.99. The first-order chi connectivity index (χ1) is 11.6. The van der Waals surface area contributed by atoms with Crippen molar-refractivity contribution in [3.63, 3.8) is 0 Å². The molecule has 3 rings (SSSR count). The van der Waals surface area contributed by atoms with Crippen LogP contribution in [0.2, 0.25) is 0 Å². The van der Waals surface area contributed by atoms with Crippen molar-refractivity contribution < 1.29 is 8.78 Å². The van der Waals surface area contributed by atoms with Gasteiger partial charge in [-0.05, 0) is 31.2 Å². The highest BCUT2D eigenvalue weighted by molar-refractivity contribution is 5.59. The fourth-order valence-corrected chi connectivity index (χ4v) is 2.13. The standard InChI is InChI=1S/C17H15F2N5/c1-11-22-16(21-10-13-4-2-3-7-20-13)9-17(23-11)24-12-5-6-14(18)15(19)8-12/h2-9H,10H2,1H3,(H2,21,22,23,24). The third kappa shape index (κ3) is 4.01. The number of nitrogens with one attached hydrogen (secondary N) is 2. The molecule has 0 amide bonds. The fraction of sp³-hybridized carbons (Fsp3) is 0.118. The van der Waals surface area contributed by atoms with Crippen molar-refractivity contribution in [3.8, 4) is 0 Å². The molecule has 0 saturated heterocycles. The molecule has 0 unspecified atom stereocenters. The third-order valence-corrected chi connectivity index (χ3v) is 3.21. The average molecular weight is 327 g/mol. The highest BCUT2D eigenvalue weighted by Crippen LogP contribution is 2.19. The summed E-state index contributed by atoms with van der Waals surface area (Å²) in [5.41, 5.74) is 1.28.